The molecule has 0 atom stereocenters. The van der Waals surface area contributed by atoms with E-state index in [4.69, 9.17) is 0 Å². The molecule has 0 saturated heterocycles. The monoisotopic (exact) mass is 237 g/mol. The van der Waals surface area contributed by atoms with Crippen molar-refractivity contribution in [1.29, 1.82) is 0 Å². The Morgan fingerprint density at radius 1 is 1.31 bits per heavy atom. The van der Waals surface area contributed by atoms with Gasteiger partial charge < -0.3 is 5.32 Å². The maximum Gasteiger partial charge on any atom is 0.187 e. The normalized spacial score (nSPS) is 15.4. The molecule has 1 heterocycles. The first-order chi connectivity index (χ1) is 7.74. The Labute approximate surface area is 101 Å². The van der Waals surface area contributed by atoms with Gasteiger partial charge in [0.05, 0.1) is 0 Å². The highest BCUT2D eigenvalue weighted by Gasteiger charge is 2.19. The van der Waals surface area contributed by atoms with E-state index in [-0.39, 0.29) is 0 Å². The molecule has 16 heavy (non-hydrogen) atoms. The average molecular weight is 237 g/mol. The Hall–Kier alpha value is -0.610. The molecule has 1 aliphatic rings. The van der Waals surface area contributed by atoms with E-state index in [9.17, 15) is 0 Å². The third-order valence-electron chi connectivity index (χ3n) is 2.52. The highest BCUT2D eigenvalue weighted by molar-refractivity contribution is 7.99. The van der Waals surface area contributed by atoms with Crippen LogP contribution in [-0.4, -0.2) is 28.3 Å². The molecular weight excluding hydrogens is 218 g/mol. The third-order valence-corrected chi connectivity index (χ3v) is 3.46. The Balaban J connectivity index is 1.67. The highest BCUT2D eigenvalue weighted by Crippen LogP contribution is 2.19. The second-order valence-corrected chi connectivity index (χ2v) is 5.43. The molecule has 2 rings (SSSR count). The quantitative estimate of drug-likeness (QED) is 0.468. The van der Waals surface area contributed by atoms with Gasteiger partial charge >= 0.3 is 0 Å². The molecule has 0 radical (unpaired) electrons. The van der Waals surface area contributed by atoms with Crippen molar-refractivity contribution in [3.63, 3.8) is 0 Å². The van der Waals surface area contributed by atoms with Crippen molar-refractivity contribution in [2.45, 2.75) is 44.3 Å². The Morgan fingerprint density at radius 2 is 2.00 bits per heavy atom. The van der Waals surface area contributed by atoms with Crippen LogP contribution in [0, 0.1) is 13.8 Å². The van der Waals surface area contributed by atoms with Crippen molar-refractivity contribution in [3.05, 3.63) is 17.5 Å². The van der Waals surface area contributed by atoms with Crippen molar-refractivity contribution in [2.24, 2.45) is 0 Å². The Morgan fingerprint density at radius 3 is 2.62 bits per heavy atom. The molecule has 1 aromatic heterocycles. The van der Waals surface area contributed by atoms with Gasteiger partial charge in [-0.15, -0.1) is 0 Å². The predicted octanol–water partition coefficient (Wildman–Crippen LogP) is 2.33. The lowest BCUT2D eigenvalue weighted by Gasteiger charge is -2.03. The van der Waals surface area contributed by atoms with Crippen LogP contribution in [0.1, 0.15) is 30.7 Å². The van der Waals surface area contributed by atoms with Crippen LogP contribution in [0.25, 0.3) is 0 Å². The van der Waals surface area contributed by atoms with E-state index in [1.165, 1.54) is 19.3 Å². The molecule has 1 fully saturated rings. The van der Waals surface area contributed by atoms with Crippen molar-refractivity contribution < 1.29 is 0 Å². The van der Waals surface area contributed by atoms with Gasteiger partial charge in [-0.25, -0.2) is 9.97 Å². The number of thioether (sulfide) groups is 1. The lowest BCUT2D eigenvalue weighted by atomic mass is 10.4. The summed E-state index contributed by atoms with van der Waals surface area (Å²) in [6.07, 6.45) is 3.93. The zero-order valence-corrected chi connectivity index (χ0v) is 10.8. The van der Waals surface area contributed by atoms with Gasteiger partial charge in [-0.2, -0.15) is 0 Å². The van der Waals surface area contributed by atoms with Gasteiger partial charge in [-0.1, -0.05) is 11.8 Å². The van der Waals surface area contributed by atoms with Crippen molar-refractivity contribution in [1.82, 2.24) is 15.3 Å². The van der Waals surface area contributed by atoms with E-state index < -0.39 is 0 Å². The molecule has 0 aromatic carbocycles. The molecule has 1 aliphatic carbocycles. The smallest absolute Gasteiger partial charge is 0.187 e. The van der Waals surface area contributed by atoms with Crippen LogP contribution in [0.5, 0.6) is 0 Å². The van der Waals surface area contributed by atoms with Gasteiger partial charge in [0, 0.05) is 23.2 Å². The topological polar surface area (TPSA) is 37.8 Å². The lowest BCUT2D eigenvalue weighted by molar-refractivity contribution is 0.673. The maximum absolute atomic E-state index is 4.41. The Bertz CT molecular complexity index is 330. The first-order valence-corrected chi connectivity index (χ1v) is 6.91. The second-order valence-electron chi connectivity index (χ2n) is 4.36. The third kappa shape index (κ3) is 4.10. The van der Waals surface area contributed by atoms with Gasteiger partial charge in [0.2, 0.25) is 0 Å². The van der Waals surface area contributed by atoms with Crippen LogP contribution in [0.2, 0.25) is 0 Å². The zero-order valence-electron chi connectivity index (χ0n) is 9.99. The number of hydrogen-bond donors (Lipinski definition) is 1. The summed E-state index contributed by atoms with van der Waals surface area (Å²) in [5.74, 6) is 1.10. The molecule has 0 amide bonds. The molecule has 0 unspecified atom stereocenters. The summed E-state index contributed by atoms with van der Waals surface area (Å²) in [5, 5.41) is 4.43. The molecular formula is C12H19N3S. The fraction of sp³-hybridized carbons (Fsp3) is 0.667. The van der Waals surface area contributed by atoms with E-state index in [2.05, 4.69) is 15.3 Å². The fourth-order valence-corrected chi connectivity index (χ4v) is 2.48. The minimum Gasteiger partial charge on any atom is -0.314 e. The van der Waals surface area contributed by atoms with Crippen molar-refractivity contribution >= 4 is 11.8 Å². The fourth-order valence-electron chi connectivity index (χ4n) is 1.59. The number of nitrogens with zero attached hydrogens (tertiary/aromatic N) is 2. The van der Waals surface area contributed by atoms with Gasteiger partial charge in [0.25, 0.3) is 0 Å². The molecule has 3 nitrogen and oxygen atoms in total. The first-order valence-electron chi connectivity index (χ1n) is 5.92. The summed E-state index contributed by atoms with van der Waals surface area (Å²) in [4.78, 5) is 8.82. The van der Waals surface area contributed by atoms with E-state index in [0.717, 1.165) is 34.9 Å². The number of aryl methyl sites for hydroxylation is 2. The van der Waals surface area contributed by atoms with Crippen LogP contribution in [0.4, 0.5) is 0 Å². The second kappa shape index (κ2) is 5.64. The lowest BCUT2D eigenvalue weighted by Crippen LogP contribution is -2.17. The minimum atomic E-state index is 0.822. The molecule has 1 aromatic rings. The average Bonchev–Trinajstić information content (AvgIpc) is 2.99. The minimum absolute atomic E-state index is 0.822. The van der Waals surface area contributed by atoms with Crippen molar-refractivity contribution in [2.75, 3.05) is 12.3 Å². The van der Waals surface area contributed by atoms with Crippen LogP contribution < -0.4 is 5.32 Å². The van der Waals surface area contributed by atoms with E-state index in [1.54, 1.807) is 11.8 Å². The summed E-state index contributed by atoms with van der Waals surface area (Å²) in [5.41, 5.74) is 2.12. The van der Waals surface area contributed by atoms with Gasteiger partial charge in [-0.05, 0) is 45.7 Å². The van der Waals surface area contributed by atoms with E-state index >= 15 is 0 Å². The van der Waals surface area contributed by atoms with E-state index in [1.807, 2.05) is 19.9 Å². The van der Waals surface area contributed by atoms with E-state index in [0.29, 0.717) is 0 Å². The summed E-state index contributed by atoms with van der Waals surface area (Å²) in [7, 11) is 0. The van der Waals surface area contributed by atoms with Crippen LogP contribution in [0.15, 0.2) is 11.2 Å². The summed E-state index contributed by atoms with van der Waals surface area (Å²) >= 11 is 1.76. The number of rotatable bonds is 6. The predicted molar refractivity (Wildman–Crippen MR) is 67.9 cm³/mol. The molecule has 1 N–H and O–H groups in total. The summed E-state index contributed by atoms with van der Waals surface area (Å²) in [6, 6.07) is 2.83. The van der Waals surface area contributed by atoms with Crippen molar-refractivity contribution in [3.8, 4) is 0 Å². The van der Waals surface area contributed by atoms with Crippen LogP contribution in [0.3, 0.4) is 0 Å². The largest absolute Gasteiger partial charge is 0.314 e. The molecule has 4 heteroatoms. The standard InChI is InChI=1S/C12H19N3S/c1-9-8-10(2)15-12(14-9)16-7-3-6-13-11-4-5-11/h8,11,13H,3-7H2,1-2H3. The zero-order chi connectivity index (χ0) is 11.4. The van der Waals surface area contributed by atoms with Gasteiger partial charge in [0.1, 0.15) is 0 Å². The number of aromatic nitrogens is 2. The van der Waals surface area contributed by atoms with Crippen LogP contribution in [-0.2, 0) is 0 Å². The highest BCUT2D eigenvalue weighted by atomic mass is 32.2. The van der Waals surface area contributed by atoms with Gasteiger partial charge in [0.15, 0.2) is 5.16 Å². The summed E-state index contributed by atoms with van der Waals surface area (Å²) < 4.78 is 0. The molecule has 1 saturated carbocycles. The van der Waals surface area contributed by atoms with Crippen LogP contribution >= 0.6 is 11.8 Å². The molecule has 0 aliphatic heterocycles. The first kappa shape index (κ1) is 11.9. The number of nitrogens with one attached hydrogen (secondary N) is 1. The maximum atomic E-state index is 4.41. The summed E-state index contributed by atoms with van der Waals surface area (Å²) in [6.45, 7) is 5.17. The molecule has 0 spiro atoms. The number of hydrogen-bond acceptors (Lipinski definition) is 4. The Kier molecular flexibility index (Phi) is 4.18. The van der Waals surface area contributed by atoms with Gasteiger partial charge in [-0.3, -0.25) is 0 Å². The molecule has 0 bridgehead atoms. The SMILES string of the molecule is Cc1cc(C)nc(SCCCNC2CC2)n1. The molecule has 88 valence electrons.